The summed E-state index contributed by atoms with van der Waals surface area (Å²) in [5, 5.41) is 2.33. The van der Waals surface area contributed by atoms with Gasteiger partial charge in [-0.25, -0.2) is 4.79 Å². The zero-order valence-electron chi connectivity index (χ0n) is 9.83. The minimum atomic E-state index is -1.09. The summed E-state index contributed by atoms with van der Waals surface area (Å²) in [6, 6.07) is 2.53. The molecule has 0 bridgehead atoms. The van der Waals surface area contributed by atoms with Gasteiger partial charge in [0.25, 0.3) is 5.91 Å². The first-order chi connectivity index (χ1) is 8.86. The molecule has 0 aliphatic heterocycles. The number of hydrogen-bond acceptors (Lipinski definition) is 4. The molecule has 0 heterocycles. The summed E-state index contributed by atoms with van der Waals surface area (Å²) in [4.78, 5) is 33.9. The molecule has 19 heavy (non-hydrogen) atoms. The largest absolute Gasteiger partial charge is 0.459 e. The lowest BCUT2D eigenvalue weighted by molar-refractivity contribution is -0.152. The van der Waals surface area contributed by atoms with Crippen LogP contribution in [-0.4, -0.2) is 24.4 Å². The van der Waals surface area contributed by atoms with Crippen molar-refractivity contribution in [3.8, 4) is 0 Å². The second-order valence-electron chi connectivity index (χ2n) is 3.35. The highest BCUT2D eigenvalue weighted by atomic mass is 35.5. The van der Waals surface area contributed by atoms with Gasteiger partial charge < -0.3 is 15.8 Å². The zero-order chi connectivity index (χ0) is 14.6. The molecule has 0 spiro atoms. The normalized spacial score (nSPS) is 9.84. The first-order valence-corrected chi connectivity index (χ1v) is 5.89. The minimum absolute atomic E-state index is 0.0149. The van der Waals surface area contributed by atoms with Gasteiger partial charge in [-0.3, -0.25) is 9.59 Å². The highest BCUT2D eigenvalue weighted by Crippen LogP contribution is 2.30. The topological polar surface area (TPSA) is 98.5 Å². The predicted octanol–water partition coefficient (Wildman–Crippen LogP) is 1.59. The first-order valence-electron chi connectivity index (χ1n) is 5.13. The third kappa shape index (κ3) is 3.84. The van der Waals surface area contributed by atoms with E-state index in [1.54, 1.807) is 6.92 Å². The number of amides is 2. The molecule has 0 unspecified atom stereocenters. The van der Waals surface area contributed by atoms with E-state index in [1.807, 2.05) is 0 Å². The predicted molar refractivity (Wildman–Crippen MR) is 70.2 cm³/mol. The highest BCUT2D eigenvalue weighted by molar-refractivity contribution is 6.41. The van der Waals surface area contributed by atoms with Crippen LogP contribution in [0, 0.1) is 0 Å². The first kappa shape index (κ1) is 15.3. The van der Waals surface area contributed by atoms with E-state index in [9.17, 15) is 14.4 Å². The fourth-order valence-electron chi connectivity index (χ4n) is 1.26. The number of primary amides is 1. The van der Waals surface area contributed by atoms with Gasteiger partial charge in [0.1, 0.15) is 0 Å². The summed E-state index contributed by atoms with van der Waals surface area (Å²) >= 11 is 11.6. The fraction of sp³-hybridized carbons (Fsp3) is 0.182. The van der Waals surface area contributed by atoms with Gasteiger partial charge in [0.05, 0.1) is 22.9 Å². The van der Waals surface area contributed by atoms with Gasteiger partial charge in [0, 0.05) is 5.02 Å². The summed E-state index contributed by atoms with van der Waals surface area (Å²) in [5.41, 5.74) is 4.95. The number of halogens is 2. The zero-order valence-corrected chi connectivity index (χ0v) is 11.3. The Labute approximate surface area is 118 Å². The summed E-state index contributed by atoms with van der Waals surface area (Å²) in [6.07, 6.45) is 0. The molecule has 3 N–H and O–H groups in total. The summed E-state index contributed by atoms with van der Waals surface area (Å²) in [7, 11) is 0. The van der Waals surface area contributed by atoms with Crippen molar-refractivity contribution in [3.63, 3.8) is 0 Å². The maximum Gasteiger partial charge on any atom is 0.397 e. The van der Waals surface area contributed by atoms with Crippen LogP contribution in [0.2, 0.25) is 10.0 Å². The van der Waals surface area contributed by atoms with Gasteiger partial charge in [0.2, 0.25) is 0 Å². The Hall–Kier alpha value is -1.79. The van der Waals surface area contributed by atoms with E-state index >= 15 is 0 Å². The highest BCUT2D eigenvalue weighted by Gasteiger charge is 2.20. The Kier molecular flexibility index (Phi) is 5.14. The maximum atomic E-state index is 11.5. The number of carbonyl (C=O) groups is 3. The SMILES string of the molecule is CCOC(=O)C(=O)Nc1c(Cl)cc(Cl)cc1C(N)=O. The molecule has 0 aromatic heterocycles. The lowest BCUT2D eigenvalue weighted by Crippen LogP contribution is -2.27. The molecule has 0 aliphatic rings. The van der Waals surface area contributed by atoms with Crippen molar-refractivity contribution >= 4 is 46.7 Å². The smallest absolute Gasteiger partial charge is 0.397 e. The van der Waals surface area contributed by atoms with Crippen LogP contribution in [0.3, 0.4) is 0 Å². The molecule has 0 saturated carbocycles. The lowest BCUT2D eigenvalue weighted by Gasteiger charge is -2.11. The molecule has 102 valence electrons. The van der Waals surface area contributed by atoms with Crippen molar-refractivity contribution in [3.05, 3.63) is 27.7 Å². The number of anilines is 1. The van der Waals surface area contributed by atoms with E-state index in [0.717, 1.165) is 0 Å². The van der Waals surface area contributed by atoms with Gasteiger partial charge in [-0.15, -0.1) is 0 Å². The van der Waals surface area contributed by atoms with Crippen LogP contribution in [-0.2, 0) is 14.3 Å². The minimum Gasteiger partial charge on any atom is -0.459 e. The Morgan fingerprint density at radius 1 is 1.32 bits per heavy atom. The second-order valence-corrected chi connectivity index (χ2v) is 4.19. The number of esters is 1. The number of nitrogens with one attached hydrogen (secondary N) is 1. The van der Waals surface area contributed by atoms with E-state index in [0.29, 0.717) is 0 Å². The lowest BCUT2D eigenvalue weighted by atomic mass is 10.1. The summed E-state index contributed by atoms with van der Waals surface area (Å²) in [6.45, 7) is 1.60. The van der Waals surface area contributed by atoms with Crippen LogP contribution >= 0.6 is 23.2 Å². The maximum absolute atomic E-state index is 11.5. The van der Waals surface area contributed by atoms with E-state index in [-0.39, 0.29) is 27.9 Å². The molecule has 0 aliphatic carbocycles. The number of hydrogen-bond donors (Lipinski definition) is 2. The monoisotopic (exact) mass is 304 g/mol. The molecule has 6 nitrogen and oxygen atoms in total. The molecule has 0 fully saturated rings. The van der Waals surface area contributed by atoms with E-state index in [4.69, 9.17) is 28.9 Å². The van der Waals surface area contributed by atoms with Crippen molar-refractivity contribution in [1.29, 1.82) is 0 Å². The number of carbonyl (C=O) groups excluding carboxylic acids is 3. The van der Waals surface area contributed by atoms with Crippen molar-refractivity contribution < 1.29 is 19.1 Å². The second kappa shape index (κ2) is 6.40. The Bertz CT molecular complexity index is 546. The van der Waals surface area contributed by atoms with Crippen LogP contribution in [0.4, 0.5) is 5.69 Å². The third-order valence-electron chi connectivity index (χ3n) is 2.02. The van der Waals surface area contributed by atoms with Crippen molar-refractivity contribution in [1.82, 2.24) is 0 Å². The van der Waals surface area contributed by atoms with E-state index in [2.05, 4.69) is 10.1 Å². The van der Waals surface area contributed by atoms with Gasteiger partial charge in [-0.1, -0.05) is 23.2 Å². The van der Waals surface area contributed by atoms with Crippen LogP contribution in [0.5, 0.6) is 0 Å². The number of benzene rings is 1. The molecule has 0 saturated heterocycles. The van der Waals surface area contributed by atoms with Crippen LogP contribution in [0.15, 0.2) is 12.1 Å². The van der Waals surface area contributed by atoms with Crippen LogP contribution < -0.4 is 11.1 Å². The molecular weight excluding hydrogens is 295 g/mol. The molecule has 0 atom stereocenters. The Morgan fingerprint density at radius 3 is 2.47 bits per heavy atom. The molecule has 1 aromatic carbocycles. The van der Waals surface area contributed by atoms with Crippen molar-refractivity contribution in [2.24, 2.45) is 5.73 Å². The van der Waals surface area contributed by atoms with Crippen molar-refractivity contribution in [2.75, 3.05) is 11.9 Å². The van der Waals surface area contributed by atoms with Gasteiger partial charge in [0.15, 0.2) is 0 Å². The quantitative estimate of drug-likeness (QED) is 0.654. The summed E-state index contributed by atoms with van der Waals surface area (Å²) < 4.78 is 4.50. The van der Waals surface area contributed by atoms with Gasteiger partial charge in [-0.2, -0.15) is 0 Å². The van der Waals surface area contributed by atoms with Gasteiger partial charge >= 0.3 is 11.9 Å². The number of nitrogens with two attached hydrogens (primary N) is 1. The van der Waals surface area contributed by atoms with E-state index < -0.39 is 17.8 Å². The number of ether oxygens (including phenoxy) is 1. The standard InChI is InChI=1S/C11H10Cl2N2O4/c1-2-19-11(18)10(17)15-8-6(9(14)16)3-5(12)4-7(8)13/h3-4H,2H2,1H3,(H2,14,16)(H,15,17). The molecule has 1 rings (SSSR count). The molecule has 1 aromatic rings. The average molecular weight is 305 g/mol. The van der Waals surface area contributed by atoms with E-state index in [1.165, 1.54) is 12.1 Å². The summed E-state index contributed by atoms with van der Waals surface area (Å²) in [5.74, 6) is -3.00. The number of rotatable bonds is 3. The third-order valence-corrected chi connectivity index (χ3v) is 2.54. The van der Waals surface area contributed by atoms with Gasteiger partial charge in [-0.05, 0) is 19.1 Å². The Balaban J connectivity index is 3.10. The molecule has 0 radical (unpaired) electrons. The van der Waals surface area contributed by atoms with Crippen LogP contribution in [0.1, 0.15) is 17.3 Å². The molecular formula is C11H10Cl2N2O4. The van der Waals surface area contributed by atoms with Crippen molar-refractivity contribution in [2.45, 2.75) is 6.92 Å². The Morgan fingerprint density at radius 2 is 1.95 bits per heavy atom. The van der Waals surface area contributed by atoms with Crippen LogP contribution in [0.25, 0.3) is 0 Å². The molecule has 8 heteroatoms. The molecule has 2 amide bonds. The fourth-order valence-corrected chi connectivity index (χ4v) is 1.80. The average Bonchev–Trinajstić information content (AvgIpc) is 2.32.